The molecule has 4 rings (SSSR count). The number of anilines is 2. The summed E-state index contributed by atoms with van der Waals surface area (Å²) < 4.78 is 0.734. The molecule has 3 N–H and O–H groups in total. The molecule has 0 fully saturated rings. The molecule has 0 radical (unpaired) electrons. The summed E-state index contributed by atoms with van der Waals surface area (Å²) in [5, 5.41) is 18.1. The first-order valence-electron chi connectivity index (χ1n) is 10.2. The maximum atomic E-state index is 13.1. The smallest absolute Gasteiger partial charge is 0.319 e. The topological polar surface area (TPSA) is 96.0 Å². The van der Waals surface area contributed by atoms with Crippen LogP contribution in [0.15, 0.2) is 83.3 Å². The zero-order valence-corrected chi connectivity index (χ0v) is 20.8. The van der Waals surface area contributed by atoms with Crippen LogP contribution in [0.1, 0.15) is 5.56 Å². The summed E-state index contributed by atoms with van der Waals surface area (Å²) in [7, 11) is 0. The largest absolute Gasteiger partial charge is 0.326 e. The summed E-state index contributed by atoms with van der Waals surface area (Å²) in [4.78, 5) is 25.8. The quantitative estimate of drug-likeness (QED) is 0.260. The number of hydrogen-bond acceptors (Lipinski definition) is 5. The normalized spacial score (nSPS) is 11.5. The Morgan fingerprint density at radius 2 is 1.62 bits per heavy atom. The maximum Gasteiger partial charge on any atom is 0.319 e. The molecule has 0 aliphatic heterocycles. The SMILES string of the molecule is O=C(Nc1ccccc1Br)N[C@@H](Cc1ccccc1)C(=O)Nc1nnc(-c2ccc(Cl)cc2)s1. The first-order valence-corrected chi connectivity index (χ1v) is 12.2. The van der Waals surface area contributed by atoms with Gasteiger partial charge in [-0.2, -0.15) is 0 Å². The summed E-state index contributed by atoms with van der Waals surface area (Å²) in [5.41, 5.74) is 2.34. The van der Waals surface area contributed by atoms with Crippen molar-refractivity contribution >= 4 is 61.6 Å². The van der Waals surface area contributed by atoms with E-state index in [9.17, 15) is 9.59 Å². The lowest BCUT2D eigenvalue weighted by molar-refractivity contribution is -0.117. The second kappa shape index (κ2) is 11.2. The van der Waals surface area contributed by atoms with Crippen LogP contribution in [0, 0.1) is 0 Å². The van der Waals surface area contributed by atoms with E-state index in [2.05, 4.69) is 42.1 Å². The molecule has 0 unspecified atom stereocenters. The molecule has 10 heteroatoms. The first kappa shape index (κ1) is 23.9. The number of urea groups is 1. The number of rotatable bonds is 7. The molecule has 172 valence electrons. The third-order valence-electron chi connectivity index (χ3n) is 4.77. The third-order valence-corrected chi connectivity index (χ3v) is 6.60. The molecule has 7 nitrogen and oxygen atoms in total. The predicted octanol–water partition coefficient (Wildman–Crippen LogP) is 5.99. The molecule has 0 aliphatic rings. The predicted molar refractivity (Wildman–Crippen MR) is 139 cm³/mol. The van der Waals surface area contributed by atoms with Crippen LogP contribution in [0.25, 0.3) is 10.6 Å². The van der Waals surface area contributed by atoms with E-state index in [1.54, 1.807) is 18.2 Å². The van der Waals surface area contributed by atoms with Crippen molar-refractivity contribution in [3.63, 3.8) is 0 Å². The van der Waals surface area contributed by atoms with Crippen LogP contribution in [-0.4, -0.2) is 28.2 Å². The molecule has 0 aliphatic carbocycles. The average molecular weight is 557 g/mol. The highest BCUT2D eigenvalue weighted by molar-refractivity contribution is 9.10. The van der Waals surface area contributed by atoms with Crippen LogP contribution < -0.4 is 16.0 Å². The number of aromatic nitrogens is 2. The average Bonchev–Trinajstić information content (AvgIpc) is 3.29. The summed E-state index contributed by atoms with van der Waals surface area (Å²) in [6, 6.07) is 22.5. The van der Waals surface area contributed by atoms with E-state index in [0.717, 1.165) is 15.6 Å². The molecule has 34 heavy (non-hydrogen) atoms. The molecule has 4 aromatic rings. The molecule has 0 spiro atoms. The Morgan fingerprint density at radius 1 is 0.912 bits per heavy atom. The van der Waals surface area contributed by atoms with Gasteiger partial charge in [-0.05, 0) is 45.8 Å². The van der Waals surface area contributed by atoms with Gasteiger partial charge in [0.25, 0.3) is 0 Å². The van der Waals surface area contributed by atoms with E-state index < -0.39 is 18.0 Å². The second-order valence-corrected chi connectivity index (χ2v) is 9.50. The minimum absolute atomic E-state index is 0.304. The van der Waals surface area contributed by atoms with E-state index >= 15 is 0 Å². The minimum Gasteiger partial charge on any atom is -0.326 e. The molecule has 0 bridgehead atoms. The number of carbonyl (C=O) groups excluding carboxylic acids is 2. The van der Waals surface area contributed by atoms with Gasteiger partial charge >= 0.3 is 6.03 Å². The van der Waals surface area contributed by atoms with E-state index in [1.807, 2.05) is 60.7 Å². The monoisotopic (exact) mass is 555 g/mol. The Bertz CT molecular complexity index is 1280. The summed E-state index contributed by atoms with van der Waals surface area (Å²) >= 11 is 10.6. The lowest BCUT2D eigenvalue weighted by Crippen LogP contribution is -2.47. The van der Waals surface area contributed by atoms with Gasteiger partial charge in [-0.15, -0.1) is 10.2 Å². The van der Waals surface area contributed by atoms with Crippen LogP contribution >= 0.6 is 38.9 Å². The van der Waals surface area contributed by atoms with Crippen molar-refractivity contribution in [3.8, 4) is 10.6 Å². The van der Waals surface area contributed by atoms with Gasteiger partial charge < -0.3 is 10.6 Å². The number of nitrogens with zero attached hydrogens (tertiary/aromatic N) is 2. The number of benzene rings is 3. The highest BCUT2D eigenvalue weighted by Gasteiger charge is 2.23. The van der Waals surface area contributed by atoms with Crippen molar-refractivity contribution < 1.29 is 9.59 Å². The van der Waals surface area contributed by atoms with E-state index in [1.165, 1.54) is 11.3 Å². The second-order valence-electron chi connectivity index (χ2n) is 7.23. The lowest BCUT2D eigenvalue weighted by atomic mass is 10.1. The van der Waals surface area contributed by atoms with Gasteiger partial charge in [-0.3, -0.25) is 10.1 Å². The van der Waals surface area contributed by atoms with Gasteiger partial charge in [-0.25, -0.2) is 4.79 Å². The van der Waals surface area contributed by atoms with Gasteiger partial charge in [0.2, 0.25) is 11.0 Å². The molecular formula is C24H19BrClN5O2S. The summed E-state index contributed by atoms with van der Waals surface area (Å²) in [6.45, 7) is 0. The van der Waals surface area contributed by atoms with E-state index in [-0.39, 0.29) is 0 Å². The van der Waals surface area contributed by atoms with Crippen molar-refractivity contribution in [2.75, 3.05) is 10.6 Å². The Hall–Kier alpha value is -3.27. The standard InChI is InChI=1S/C24H19BrClN5O2S/c25-18-8-4-5-9-19(18)27-23(33)28-20(14-15-6-2-1-3-7-15)21(32)29-24-31-30-22(34-24)16-10-12-17(26)13-11-16/h1-13,20H,14H2,(H2,27,28,33)(H,29,31,32)/t20-/m0/s1. The number of nitrogens with one attached hydrogen (secondary N) is 3. The highest BCUT2D eigenvalue weighted by Crippen LogP contribution is 2.27. The number of carbonyl (C=O) groups is 2. The lowest BCUT2D eigenvalue weighted by Gasteiger charge is -2.18. The van der Waals surface area contributed by atoms with Crippen LogP contribution in [0.2, 0.25) is 5.02 Å². The van der Waals surface area contributed by atoms with Gasteiger partial charge in [0, 0.05) is 21.5 Å². The van der Waals surface area contributed by atoms with Crippen LogP contribution in [-0.2, 0) is 11.2 Å². The van der Waals surface area contributed by atoms with Crippen LogP contribution in [0.3, 0.4) is 0 Å². The van der Waals surface area contributed by atoms with Crippen molar-refractivity contribution in [3.05, 3.63) is 93.9 Å². The van der Waals surface area contributed by atoms with Crippen molar-refractivity contribution in [2.24, 2.45) is 0 Å². The fourth-order valence-corrected chi connectivity index (χ4v) is 4.38. The number of para-hydroxylation sites is 1. The Labute approximate surface area is 213 Å². The highest BCUT2D eigenvalue weighted by atomic mass is 79.9. The van der Waals surface area contributed by atoms with Gasteiger partial charge in [-0.1, -0.05) is 77.5 Å². The van der Waals surface area contributed by atoms with Gasteiger partial charge in [0.05, 0.1) is 5.69 Å². The Kier molecular flexibility index (Phi) is 7.89. The van der Waals surface area contributed by atoms with Gasteiger partial charge in [0.1, 0.15) is 11.0 Å². The van der Waals surface area contributed by atoms with Crippen molar-refractivity contribution in [1.82, 2.24) is 15.5 Å². The summed E-state index contributed by atoms with van der Waals surface area (Å²) in [6.07, 6.45) is 0.304. The molecule has 1 aromatic heterocycles. The van der Waals surface area contributed by atoms with Crippen molar-refractivity contribution in [2.45, 2.75) is 12.5 Å². The molecule has 0 saturated carbocycles. The van der Waals surface area contributed by atoms with Gasteiger partial charge in [0.15, 0.2) is 0 Å². The van der Waals surface area contributed by atoms with Crippen LogP contribution in [0.4, 0.5) is 15.6 Å². The fraction of sp³-hybridized carbons (Fsp3) is 0.0833. The molecule has 3 amide bonds. The van der Waals surface area contributed by atoms with E-state index in [0.29, 0.717) is 27.3 Å². The molecule has 1 atom stereocenters. The Morgan fingerprint density at radius 3 is 2.35 bits per heavy atom. The number of hydrogen-bond donors (Lipinski definition) is 3. The van der Waals surface area contributed by atoms with Crippen molar-refractivity contribution in [1.29, 1.82) is 0 Å². The number of halogens is 2. The fourth-order valence-electron chi connectivity index (χ4n) is 3.11. The minimum atomic E-state index is -0.840. The molecule has 3 aromatic carbocycles. The third kappa shape index (κ3) is 6.40. The van der Waals surface area contributed by atoms with E-state index in [4.69, 9.17) is 11.6 Å². The summed E-state index contributed by atoms with van der Waals surface area (Å²) in [5.74, 6) is -0.398. The first-order chi connectivity index (χ1) is 16.5. The van der Waals surface area contributed by atoms with Crippen LogP contribution in [0.5, 0.6) is 0 Å². The zero-order valence-electron chi connectivity index (χ0n) is 17.7. The zero-order chi connectivity index (χ0) is 23.9. The molecule has 1 heterocycles. The number of amides is 3. The Balaban J connectivity index is 1.48. The maximum absolute atomic E-state index is 13.1. The molecule has 0 saturated heterocycles. The molecular weight excluding hydrogens is 538 g/mol.